The first-order valence-electron chi connectivity index (χ1n) is 11.5. The van der Waals surface area contributed by atoms with Crippen LogP contribution in [0.25, 0.3) is 0 Å². The van der Waals surface area contributed by atoms with Gasteiger partial charge in [-0.3, -0.25) is 34.2 Å². The monoisotopic (exact) mass is 439 g/mol. The van der Waals surface area contributed by atoms with Gasteiger partial charge in [0.2, 0.25) is 17.7 Å². The minimum atomic E-state index is -0.956. The van der Waals surface area contributed by atoms with Crippen LogP contribution >= 0.6 is 0 Å². The van der Waals surface area contributed by atoms with Crippen molar-refractivity contribution >= 4 is 29.5 Å². The molecule has 8 nitrogen and oxygen atoms in total. The Bertz CT molecular complexity index is 951. The third-order valence-electron chi connectivity index (χ3n) is 6.72. The van der Waals surface area contributed by atoms with Crippen LogP contribution in [0.1, 0.15) is 84.1 Å². The topological polar surface area (TPSA) is 113 Å². The van der Waals surface area contributed by atoms with Gasteiger partial charge < -0.3 is 5.32 Å². The summed E-state index contributed by atoms with van der Waals surface area (Å²) in [4.78, 5) is 62.1. The Morgan fingerprint density at radius 3 is 2.53 bits per heavy atom. The van der Waals surface area contributed by atoms with Gasteiger partial charge in [-0.2, -0.15) is 0 Å². The Morgan fingerprint density at radius 1 is 1.03 bits per heavy atom. The number of imide groups is 2. The molecule has 2 N–H and O–H groups in total. The second-order valence-electron chi connectivity index (χ2n) is 8.97. The number of carbonyl (C=O) groups is 5. The average Bonchev–Trinajstić information content (AvgIpc) is 3.37. The van der Waals surface area contributed by atoms with E-state index < -0.39 is 29.7 Å². The van der Waals surface area contributed by atoms with E-state index in [0.717, 1.165) is 23.3 Å². The van der Waals surface area contributed by atoms with Crippen LogP contribution in [0.4, 0.5) is 0 Å². The Balaban J connectivity index is 1.28. The molecule has 1 aliphatic carbocycles. The zero-order chi connectivity index (χ0) is 22.7. The summed E-state index contributed by atoms with van der Waals surface area (Å²) in [5.74, 6) is -1.21. The van der Waals surface area contributed by atoms with Crippen molar-refractivity contribution in [2.45, 2.75) is 70.3 Å². The van der Waals surface area contributed by atoms with Crippen molar-refractivity contribution in [3.8, 4) is 0 Å². The third kappa shape index (κ3) is 4.74. The Morgan fingerprint density at radius 2 is 1.78 bits per heavy atom. The summed E-state index contributed by atoms with van der Waals surface area (Å²) in [5.41, 5.74) is 1.47. The molecular weight excluding hydrogens is 410 g/mol. The number of hydrogen-bond acceptors (Lipinski definition) is 5. The average molecular weight is 440 g/mol. The molecule has 1 atom stereocenters. The molecule has 3 aliphatic rings. The fraction of sp³-hybridized carbons (Fsp3) is 0.542. The summed E-state index contributed by atoms with van der Waals surface area (Å²) in [5, 5.41) is 5.16. The number of benzene rings is 1. The number of nitrogens with one attached hydrogen (secondary N) is 2. The molecule has 32 heavy (non-hydrogen) atoms. The quantitative estimate of drug-likeness (QED) is 0.476. The van der Waals surface area contributed by atoms with Crippen LogP contribution in [0.15, 0.2) is 18.2 Å². The van der Waals surface area contributed by atoms with Crippen molar-refractivity contribution in [3.63, 3.8) is 0 Å². The second kappa shape index (κ2) is 9.63. The molecule has 1 saturated carbocycles. The van der Waals surface area contributed by atoms with E-state index in [1.54, 1.807) is 18.2 Å². The summed E-state index contributed by atoms with van der Waals surface area (Å²) in [7, 11) is 0. The first kappa shape index (κ1) is 22.2. The number of carbonyl (C=O) groups excluding carboxylic acids is 5. The van der Waals surface area contributed by atoms with Crippen molar-refractivity contribution < 1.29 is 24.0 Å². The number of aryl methyl sites for hydroxylation is 1. The zero-order valence-corrected chi connectivity index (χ0v) is 18.2. The van der Waals surface area contributed by atoms with Gasteiger partial charge in [0.1, 0.15) is 6.04 Å². The lowest BCUT2D eigenvalue weighted by Crippen LogP contribution is -2.54. The van der Waals surface area contributed by atoms with Gasteiger partial charge >= 0.3 is 0 Å². The number of fused-ring (bicyclic) bond motifs is 1. The van der Waals surface area contributed by atoms with E-state index in [4.69, 9.17) is 0 Å². The fourth-order valence-electron chi connectivity index (χ4n) is 4.92. The highest BCUT2D eigenvalue weighted by molar-refractivity contribution is 6.23. The highest BCUT2D eigenvalue weighted by Gasteiger charge is 2.44. The maximum atomic E-state index is 12.9. The molecule has 0 spiro atoms. The molecule has 0 radical (unpaired) electrons. The summed E-state index contributed by atoms with van der Waals surface area (Å²) in [6.45, 7) is 0.565. The molecule has 0 bridgehead atoms. The lowest BCUT2D eigenvalue weighted by atomic mass is 10.0. The van der Waals surface area contributed by atoms with Crippen molar-refractivity contribution in [1.82, 2.24) is 15.5 Å². The molecule has 1 saturated heterocycles. The molecule has 0 aromatic heterocycles. The largest absolute Gasteiger partial charge is 0.356 e. The van der Waals surface area contributed by atoms with Crippen LogP contribution in [-0.4, -0.2) is 47.0 Å². The Labute approximate surface area is 187 Å². The summed E-state index contributed by atoms with van der Waals surface area (Å²) >= 11 is 0. The van der Waals surface area contributed by atoms with Crippen LogP contribution in [0.5, 0.6) is 0 Å². The predicted octanol–water partition coefficient (Wildman–Crippen LogP) is 2.11. The second-order valence-corrected chi connectivity index (χ2v) is 8.97. The lowest BCUT2D eigenvalue weighted by molar-refractivity contribution is -0.136. The fourth-order valence-corrected chi connectivity index (χ4v) is 4.92. The van der Waals surface area contributed by atoms with Gasteiger partial charge in [-0.25, -0.2) is 0 Å². The highest BCUT2D eigenvalue weighted by Crippen LogP contribution is 2.29. The molecule has 2 fully saturated rings. The van der Waals surface area contributed by atoms with Crippen molar-refractivity contribution in [2.75, 3.05) is 6.54 Å². The van der Waals surface area contributed by atoms with Crippen LogP contribution in [0.3, 0.4) is 0 Å². The van der Waals surface area contributed by atoms with E-state index in [9.17, 15) is 24.0 Å². The molecule has 170 valence electrons. The van der Waals surface area contributed by atoms with E-state index in [0.29, 0.717) is 25.3 Å². The van der Waals surface area contributed by atoms with E-state index >= 15 is 0 Å². The van der Waals surface area contributed by atoms with Gasteiger partial charge in [-0.1, -0.05) is 31.7 Å². The van der Waals surface area contributed by atoms with Gasteiger partial charge in [0.15, 0.2) is 0 Å². The number of nitrogens with zero attached hydrogens (tertiary/aromatic N) is 1. The summed E-state index contributed by atoms with van der Waals surface area (Å²) < 4.78 is 0. The predicted molar refractivity (Wildman–Crippen MR) is 116 cm³/mol. The Hall–Kier alpha value is -3.03. The van der Waals surface area contributed by atoms with Crippen molar-refractivity contribution in [3.05, 3.63) is 34.9 Å². The van der Waals surface area contributed by atoms with Crippen LogP contribution < -0.4 is 10.6 Å². The molecule has 4 rings (SSSR count). The number of piperidine rings is 1. The van der Waals surface area contributed by atoms with Crippen LogP contribution in [-0.2, 0) is 20.8 Å². The van der Waals surface area contributed by atoms with Crippen molar-refractivity contribution in [1.29, 1.82) is 0 Å². The van der Waals surface area contributed by atoms with E-state index in [2.05, 4.69) is 10.6 Å². The van der Waals surface area contributed by atoms with Crippen molar-refractivity contribution in [2.24, 2.45) is 5.92 Å². The molecule has 8 heteroatoms. The summed E-state index contributed by atoms with van der Waals surface area (Å²) in [6, 6.07) is 4.17. The molecule has 2 aliphatic heterocycles. The third-order valence-corrected chi connectivity index (χ3v) is 6.72. The maximum absolute atomic E-state index is 12.9. The van der Waals surface area contributed by atoms with Gasteiger partial charge in [-0.15, -0.1) is 0 Å². The van der Waals surface area contributed by atoms with Crippen LogP contribution in [0, 0.1) is 5.92 Å². The van der Waals surface area contributed by atoms with E-state index in [-0.39, 0.29) is 29.9 Å². The molecule has 1 unspecified atom stereocenters. The Kier molecular flexibility index (Phi) is 6.67. The molecule has 2 heterocycles. The number of amides is 5. The smallest absolute Gasteiger partial charge is 0.262 e. The number of rotatable bonds is 8. The van der Waals surface area contributed by atoms with E-state index in [1.165, 1.54) is 25.7 Å². The standard InChI is InChI=1S/C24H29N3O5/c28-20(11-8-15-4-1-2-5-15)25-13-3-6-16-7-9-17-18(14-16)24(32)27(23(17)31)19-10-12-21(29)26-22(19)30/h7,9,14-15,19H,1-6,8,10-13H2,(H,25,28)(H,26,29,30). The van der Waals surface area contributed by atoms with Crippen LogP contribution in [0.2, 0.25) is 0 Å². The first-order valence-corrected chi connectivity index (χ1v) is 11.5. The summed E-state index contributed by atoms with van der Waals surface area (Å²) in [6.07, 6.45) is 8.24. The SMILES string of the molecule is O=C(CCC1CCCC1)NCCCc1ccc2c(c1)C(=O)N(C1CCC(=O)NC1=O)C2=O. The molecular formula is C24H29N3O5. The zero-order valence-electron chi connectivity index (χ0n) is 18.2. The molecule has 5 amide bonds. The molecule has 1 aromatic rings. The maximum Gasteiger partial charge on any atom is 0.262 e. The molecule has 1 aromatic carbocycles. The van der Waals surface area contributed by atoms with E-state index in [1.807, 2.05) is 0 Å². The minimum absolute atomic E-state index is 0.0894. The van der Waals surface area contributed by atoms with Gasteiger partial charge in [0, 0.05) is 19.4 Å². The highest BCUT2D eigenvalue weighted by atomic mass is 16.2. The number of hydrogen-bond donors (Lipinski definition) is 2. The van der Waals surface area contributed by atoms with Gasteiger partial charge in [0.05, 0.1) is 11.1 Å². The normalized spacial score (nSPS) is 21.1. The first-order chi connectivity index (χ1) is 15.4. The van der Waals surface area contributed by atoms with Gasteiger partial charge in [-0.05, 0) is 49.3 Å². The lowest BCUT2D eigenvalue weighted by Gasteiger charge is -2.27. The minimum Gasteiger partial charge on any atom is -0.356 e. The van der Waals surface area contributed by atoms with Gasteiger partial charge in [0.25, 0.3) is 11.8 Å².